The van der Waals surface area contributed by atoms with Gasteiger partial charge in [-0.1, -0.05) is 150 Å². The van der Waals surface area contributed by atoms with E-state index in [1.54, 1.807) is 11.1 Å². The molecule has 318 valence electrons. The van der Waals surface area contributed by atoms with E-state index in [0.717, 1.165) is 72.8 Å². The van der Waals surface area contributed by atoms with Crippen molar-refractivity contribution < 1.29 is 18.9 Å². The van der Waals surface area contributed by atoms with Crippen LogP contribution in [0.4, 0.5) is 5.69 Å². The van der Waals surface area contributed by atoms with Gasteiger partial charge in [-0.15, -0.1) is 0 Å². The minimum absolute atomic E-state index is 0.664. The van der Waals surface area contributed by atoms with Crippen molar-refractivity contribution in [2.45, 2.75) is 122 Å². The first kappa shape index (κ1) is 50.9. The van der Waals surface area contributed by atoms with E-state index in [0.29, 0.717) is 13.2 Å². The molecule has 0 fully saturated rings. The first-order chi connectivity index (χ1) is 27.2. The van der Waals surface area contributed by atoms with Gasteiger partial charge in [0, 0.05) is 7.05 Å². The third-order valence-electron chi connectivity index (χ3n) is 7.49. The number of para-hydroxylation sites is 5. The van der Waals surface area contributed by atoms with Crippen molar-refractivity contribution >= 4 is 5.69 Å². The van der Waals surface area contributed by atoms with E-state index >= 15 is 0 Å². The summed E-state index contributed by atoms with van der Waals surface area (Å²) in [6.07, 6.45) is 7.72. The van der Waals surface area contributed by atoms with Gasteiger partial charge in [-0.2, -0.15) is 0 Å². The molecule has 8 rings (SSSR count). The van der Waals surface area contributed by atoms with E-state index in [1.165, 1.54) is 43.4 Å². The first-order valence-electron chi connectivity index (χ1n) is 21.8. The summed E-state index contributed by atoms with van der Waals surface area (Å²) in [6.45, 7) is 30.0. The summed E-state index contributed by atoms with van der Waals surface area (Å²) in [5.74, 6) is 7.12. The van der Waals surface area contributed by atoms with Crippen molar-refractivity contribution in [3.63, 3.8) is 0 Å². The van der Waals surface area contributed by atoms with E-state index in [-0.39, 0.29) is 0 Å². The van der Waals surface area contributed by atoms with E-state index in [9.17, 15) is 0 Å². The number of hydrogen-bond acceptors (Lipinski definition) is 5. The number of hydrogen-bond donors (Lipinski definition) is 0. The van der Waals surface area contributed by atoms with Crippen LogP contribution in [0.2, 0.25) is 0 Å². The molecular formula is C52H81NO4. The summed E-state index contributed by atoms with van der Waals surface area (Å²) < 4.78 is 21.5. The molecule has 4 aliphatic rings. The Balaban J connectivity index is 0.000000339. The molecule has 0 bridgehead atoms. The Kier molecular flexibility index (Phi) is 27.6. The molecule has 3 aliphatic heterocycles. The highest BCUT2D eigenvalue weighted by Gasteiger charge is 2.12. The number of aryl methyl sites for hydroxylation is 3. The quantitative estimate of drug-likeness (QED) is 0.178. The van der Waals surface area contributed by atoms with E-state index in [2.05, 4.69) is 137 Å². The fourth-order valence-corrected chi connectivity index (χ4v) is 5.27. The molecule has 5 nitrogen and oxygen atoms in total. The minimum Gasteiger partial charge on any atom is -0.493 e. The monoisotopic (exact) mass is 784 g/mol. The molecule has 4 aromatic carbocycles. The molecule has 0 spiro atoms. The number of nitrogens with zero attached hydrogens (tertiary/aromatic N) is 1. The maximum atomic E-state index is 5.45. The number of anilines is 1. The summed E-state index contributed by atoms with van der Waals surface area (Å²) in [6, 6.07) is 32.9. The normalized spacial score (nSPS) is 13.7. The highest BCUT2D eigenvalue weighted by atomic mass is 16.6. The molecule has 0 saturated carbocycles. The summed E-state index contributed by atoms with van der Waals surface area (Å²) in [5.41, 5.74) is 5.70. The molecular weight excluding hydrogens is 703 g/mol. The van der Waals surface area contributed by atoms with Gasteiger partial charge in [-0.3, -0.25) is 0 Å². The van der Waals surface area contributed by atoms with E-state index in [1.807, 2.05) is 54.6 Å². The average molecular weight is 784 g/mol. The Morgan fingerprint density at radius 3 is 1.14 bits per heavy atom. The van der Waals surface area contributed by atoms with Crippen LogP contribution in [-0.2, 0) is 19.3 Å². The minimum atomic E-state index is 0.664. The lowest BCUT2D eigenvalue weighted by Crippen LogP contribution is -2.28. The van der Waals surface area contributed by atoms with Gasteiger partial charge >= 0.3 is 0 Å². The van der Waals surface area contributed by atoms with Crippen LogP contribution in [0.25, 0.3) is 0 Å². The van der Waals surface area contributed by atoms with Gasteiger partial charge in [-0.05, 0) is 109 Å². The SMILES string of the molecule is CC(C)C.CC(C)C.CC(C)C.CC(C)C.CN1CCOc2ccccc21.c1ccc2c(c1)CCCC2.c1ccc2c(c1)CCCO2.c1ccc2c(c1)OCCO2. The Labute approximate surface area is 350 Å². The smallest absolute Gasteiger partial charge is 0.161 e. The van der Waals surface area contributed by atoms with Crippen LogP contribution in [0.5, 0.6) is 23.0 Å². The lowest BCUT2D eigenvalue weighted by Gasteiger charge is -2.27. The fourth-order valence-electron chi connectivity index (χ4n) is 5.27. The summed E-state index contributed by atoms with van der Waals surface area (Å²) in [5, 5.41) is 0. The van der Waals surface area contributed by atoms with Crippen LogP contribution in [0, 0.1) is 23.7 Å². The summed E-state index contributed by atoms with van der Waals surface area (Å²) in [4.78, 5) is 2.21. The number of benzene rings is 4. The maximum Gasteiger partial charge on any atom is 0.161 e. The van der Waals surface area contributed by atoms with Crippen LogP contribution in [-0.4, -0.2) is 40.0 Å². The molecule has 1 aliphatic carbocycles. The second-order valence-corrected chi connectivity index (χ2v) is 17.3. The summed E-state index contributed by atoms with van der Waals surface area (Å²) in [7, 11) is 2.08. The van der Waals surface area contributed by atoms with Crippen LogP contribution in [0.3, 0.4) is 0 Å². The molecule has 0 amide bonds. The van der Waals surface area contributed by atoms with E-state index in [4.69, 9.17) is 18.9 Å². The van der Waals surface area contributed by atoms with Gasteiger partial charge in [0.15, 0.2) is 11.5 Å². The molecule has 0 unspecified atom stereocenters. The molecule has 5 heteroatoms. The van der Waals surface area contributed by atoms with Crippen molar-refractivity contribution in [1.82, 2.24) is 0 Å². The van der Waals surface area contributed by atoms with Crippen molar-refractivity contribution in [2.75, 3.05) is 44.9 Å². The topological polar surface area (TPSA) is 40.2 Å². The Bertz CT molecular complexity index is 1330. The van der Waals surface area contributed by atoms with Gasteiger partial charge in [-0.25, -0.2) is 0 Å². The lowest BCUT2D eigenvalue weighted by molar-refractivity contribution is 0.171. The second-order valence-electron chi connectivity index (χ2n) is 17.3. The average Bonchev–Trinajstić information content (AvgIpc) is 3.18. The van der Waals surface area contributed by atoms with Crippen LogP contribution < -0.4 is 23.8 Å². The Morgan fingerprint density at radius 2 is 0.702 bits per heavy atom. The predicted molar refractivity (Wildman–Crippen MR) is 248 cm³/mol. The number of likely N-dealkylation sites (N-methyl/N-ethyl adjacent to an activating group) is 1. The molecule has 0 saturated heterocycles. The molecule has 0 N–H and O–H groups in total. The molecule has 57 heavy (non-hydrogen) atoms. The van der Waals surface area contributed by atoms with Crippen molar-refractivity contribution in [3.8, 4) is 23.0 Å². The van der Waals surface area contributed by atoms with E-state index < -0.39 is 0 Å². The molecule has 0 radical (unpaired) electrons. The van der Waals surface area contributed by atoms with Gasteiger partial charge in [0.25, 0.3) is 0 Å². The Hall–Kier alpha value is -4.12. The lowest BCUT2D eigenvalue weighted by atomic mass is 9.92. The van der Waals surface area contributed by atoms with Crippen LogP contribution in [0.1, 0.15) is 119 Å². The number of ether oxygens (including phenoxy) is 4. The van der Waals surface area contributed by atoms with Gasteiger partial charge in [0.05, 0.1) is 18.8 Å². The van der Waals surface area contributed by atoms with Gasteiger partial charge in [0.1, 0.15) is 31.3 Å². The largest absolute Gasteiger partial charge is 0.493 e. The Morgan fingerprint density at radius 1 is 0.368 bits per heavy atom. The molecule has 0 atom stereocenters. The predicted octanol–water partition coefficient (Wildman–Crippen LogP) is 14.2. The zero-order valence-corrected chi connectivity index (χ0v) is 38.4. The van der Waals surface area contributed by atoms with Gasteiger partial charge < -0.3 is 23.8 Å². The van der Waals surface area contributed by atoms with Crippen LogP contribution in [0.15, 0.2) is 97.1 Å². The van der Waals surface area contributed by atoms with Crippen LogP contribution >= 0.6 is 0 Å². The van der Waals surface area contributed by atoms with Gasteiger partial charge in [0.2, 0.25) is 0 Å². The second kappa shape index (κ2) is 30.9. The third-order valence-corrected chi connectivity index (χ3v) is 7.49. The third kappa shape index (κ3) is 25.7. The summed E-state index contributed by atoms with van der Waals surface area (Å²) >= 11 is 0. The standard InChI is InChI=1S/C10H12.C9H11NO.C9H10O.C8H8O2.4C4H10/c1-2-6-10-8-4-3-7-9(10)5-1;1-10-6-7-11-9-5-3-2-4-8(9)10;1-2-6-9-8(4-1)5-3-7-10-9;1-2-4-8-7(3-1)9-5-6-10-8;4*1-4(2)3/h1-2,5-6H,3-4,7-8H2;2-5H,6-7H2,1H3;1-2,4,6H,3,5,7H2;1-4H,5-6H2;4*4H,1-3H3. The first-order valence-corrected chi connectivity index (χ1v) is 21.8. The van der Waals surface area contributed by atoms with Crippen molar-refractivity contribution in [3.05, 3.63) is 114 Å². The zero-order chi connectivity index (χ0) is 42.4. The molecule has 0 aromatic heterocycles. The number of rotatable bonds is 0. The molecule has 3 heterocycles. The molecule has 4 aromatic rings. The number of fused-ring (bicyclic) bond motifs is 4. The maximum absolute atomic E-state index is 5.45. The van der Waals surface area contributed by atoms with Crippen molar-refractivity contribution in [1.29, 1.82) is 0 Å². The highest BCUT2D eigenvalue weighted by Crippen LogP contribution is 2.30. The zero-order valence-electron chi connectivity index (χ0n) is 38.4. The highest BCUT2D eigenvalue weighted by molar-refractivity contribution is 5.59. The fraction of sp³-hybridized carbons (Fsp3) is 0.538. The van der Waals surface area contributed by atoms with Crippen molar-refractivity contribution in [2.24, 2.45) is 23.7 Å².